The van der Waals surface area contributed by atoms with Crippen molar-refractivity contribution >= 4 is 16.7 Å². The molecule has 1 aliphatic rings. The molecule has 0 unspecified atom stereocenters. The maximum absolute atomic E-state index is 11.3. The Hall–Kier alpha value is -3.39. The highest BCUT2D eigenvalue weighted by Gasteiger charge is 2.37. The summed E-state index contributed by atoms with van der Waals surface area (Å²) < 4.78 is 0. The molecular formula is C32H32O2. The average molecular weight is 449 g/mol. The Kier molecular flexibility index (Phi) is 5.36. The Labute approximate surface area is 202 Å². The first-order valence-electron chi connectivity index (χ1n) is 12.1. The summed E-state index contributed by atoms with van der Waals surface area (Å²) in [6.45, 7) is 9.49. The number of rotatable bonds is 4. The first kappa shape index (κ1) is 22.4. The van der Waals surface area contributed by atoms with E-state index in [2.05, 4.69) is 82.3 Å². The molecule has 172 valence electrons. The summed E-state index contributed by atoms with van der Waals surface area (Å²) in [6.07, 6.45) is 3.24. The summed E-state index contributed by atoms with van der Waals surface area (Å²) in [6, 6.07) is 27.3. The summed E-state index contributed by atoms with van der Waals surface area (Å²) in [4.78, 5) is 11.3. The lowest BCUT2D eigenvalue weighted by Gasteiger charge is -2.42. The van der Waals surface area contributed by atoms with Crippen molar-refractivity contribution in [3.63, 3.8) is 0 Å². The van der Waals surface area contributed by atoms with Gasteiger partial charge in [-0.2, -0.15) is 0 Å². The van der Waals surface area contributed by atoms with Crippen molar-refractivity contribution in [1.29, 1.82) is 0 Å². The van der Waals surface area contributed by atoms with Crippen LogP contribution >= 0.6 is 0 Å². The molecule has 0 fully saturated rings. The average Bonchev–Trinajstić information content (AvgIpc) is 2.82. The highest BCUT2D eigenvalue weighted by molar-refractivity contribution is 5.93. The van der Waals surface area contributed by atoms with Crippen LogP contribution in [0.4, 0.5) is 0 Å². The second kappa shape index (κ2) is 8.13. The summed E-state index contributed by atoms with van der Waals surface area (Å²) in [5.74, 6) is -0.897. The highest BCUT2D eigenvalue weighted by Crippen LogP contribution is 2.47. The number of hydrogen-bond donors (Lipinski definition) is 1. The number of fused-ring (bicyclic) bond motifs is 2. The van der Waals surface area contributed by atoms with Crippen LogP contribution in [0, 0.1) is 0 Å². The van der Waals surface area contributed by atoms with E-state index in [0.717, 1.165) is 17.5 Å². The second-order valence-electron chi connectivity index (χ2n) is 11.1. The van der Waals surface area contributed by atoms with Crippen LogP contribution in [0.3, 0.4) is 0 Å². The van der Waals surface area contributed by atoms with E-state index in [-0.39, 0.29) is 10.8 Å². The first-order valence-corrected chi connectivity index (χ1v) is 12.1. The van der Waals surface area contributed by atoms with Crippen LogP contribution in [-0.4, -0.2) is 11.1 Å². The van der Waals surface area contributed by atoms with Crippen molar-refractivity contribution in [3.05, 3.63) is 107 Å². The molecule has 0 aliphatic heterocycles. The summed E-state index contributed by atoms with van der Waals surface area (Å²) in [5.41, 5.74) is 8.33. The molecule has 1 N–H and O–H groups in total. The van der Waals surface area contributed by atoms with E-state index in [1.54, 1.807) is 12.1 Å². The van der Waals surface area contributed by atoms with Gasteiger partial charge < -0.3 is 5.11 Å². The van der Waals surface area contributed by atoms with E-state index in [9.17, 15) is 9.90 Å². The lowest BCUT2D eigenvalue weighted by molar-refractivity contribution is 0.0697. The third kappa shape index (κ3) is 4.03. The largest absolute Gasteiger partial charge is 0.478 e. The molecule has 2 heteroatoms. The number of hydrogen-bond acceptors (Lipinski definition) is 1. The van der Waals surface area contributed by atoms with Gasteiger partial charge in [0.2, 0.25) is 0 Å². The van der Waals surface area contributed by atoms with Crippen molar-refractivity contribution in [2.24, 2.45) is 0 Å². The van der Waals surface area contributed by atoms with Crippen LogP contribution in [-0.2, 0) is 17.3 Å². The fraction of sp³-hybridized carbons (Fsp3) is 0.281. The van der Waals surface area contributed by atoms with E-state index in [0.29, 0.717) is 5.56 Å². The summed E-state index contributed by atoms with van der Waals surface area (Å²) in [7, 11) is 0. The summed E-state index contributed by atoms with van der Waals surface area (Å²) >= 11 is 0. The van der Waals surface area contributed by atoms with Crippen LogP contribution in [0.5, 0.6) is 0 Å². The van der Waals surface area contributed by atoms with Gasteiger partial charge in [0.15, 0.2) is 0 Å². The molecule has 0 aromatic heterocycles. The molecule has 1 aliphatic carbocycles. The second-order valence-corrected chi connectivity index (χ2v) is 11.1. The molecule has 5 rings (SSSR count). The van der Waals surface area contributed by atoms with Crippen LogP contribution in [0.15, 0.2) is 78.9 Å². The van der Waals surface area contributed by atoms with Gasteiger partial charge in [-0.05, 0) is 92.4 Å². The Morgan fingerprint density at radius 3 is 2.00 bits per heavy atom. The predicted molar refractivity (Wildman–Crippen MR) is 141 cm³/mol. The van der Waals surface area contributed by atoms with Gasteiger partial charge in [-0.1, -0.05) is 88.4 Å². The molecule has 0 spiro atoms. The zero-order valence-corrected chi connectivity index (χ0v) is 20.5. The SMILES string of the molecule is CC1(C)CCC(C)(C)c2cc3c(Cc4ccccc4)cc(-c4ccc(C(=O)O)cc4)cc3cc21. The molecule has 2 nitrogen and oxygen atoms in total. The summed E-state index contributed by atoms with van der Waals surface area (Å²) in [5, 5.41) is 11.9. The van der Waals surface area contributed by atoms with Gasteiger partial charge in [-0.25, -0.2) is 4.79 Å². The third-order valence-corrected chi connectivity index (χ3v) is 7.71. The molecule has 0 amide bonds. The zero-order valence-electron chi connectivity index (χ0n) is 20.5. The minimum absolute atomic E-state index is 0.151. The molecule has 0 radical (unpaired) electrons. The Balaban J connectivity index is 1.74. The Bertz CT molecular complexity index is 1380. The zero-order chi connectivity index (χ0) is 24.1. The quantitative estimate of drug-likeness (QED) is 0.342. The molecule has 0 saturated carbocycles. The molecule has 0 saturated heterocycles. The third-order valence-electron chi connectivity index (χ3n) is 7.71. The van der Waals surface area contributed by atoms with Gasteiger partial charge in [-0.15, -0.1) is 0 Å². The van der Waals surface area contributed by atoms with E-state index in [1.807, 2.05) is 12.1 Å². The normalized spacial score (nSPS) is 16.2. The lowest BCUT2D eigenvalue weighted by atomic mass is 9.62. The molecule has 0 atom stereocenters. The highest BCUT2D eigenvalue weighted by atomic mass is 16.4. The molecule has 4 aromatic rings. The molecule has 4 aromatic carbocycles. The fourth-order valence-corrected chi connectivity index (χ4v) is 5.44. The van der Waals surface area contributed by atoms with E-state index in [1.165, 1.54) is 45.9 Å². The Morgan fingerprint density at radius 2 is 1.38 bits per heavy atom. The first-order chi connectivity index (χ1) is 16.1. The van der Waals surface area contributed by atoms with Crippen LogP contribution in [0.25, 0.3) is 21.9 Å². The van der Waals surface area contributed by atoms with Crippen LogP contribution in [0.2, 0.25) is 0 Å². The topological polar surface area (TPSA) is 37.3 Å². The van der Waals surface area contributed by atoms with Crippen LogP contribution < -0.4 is 0 Å². The standard InChI is InChI=1S/C32H32O2/c1-31(2)14-15-32(3,4)29-20-27-25(16-21-8-6-5-7-9-21)17-24(18-26(27)19-28(29)31)22-10-12-23(13-11-22)30(33)34/h5-13,17-20H,14-16H2,1-4H3,(H,33,34). The predicted octanol–water partition coefficient (Wildman–Crippen LogP) is 8.14. The van der Waals surface area contributed by atoms with Gasteiger partial charge in [0.05, 0.1) is 5.56 Å². The number of benzene rings is 4. The number of carboxylic acid groups (broad SMARTS) is 1. The maximum atomic E-state index is 11.3. The monoisotopic (exact) mass is 448 g/mol. The molecule has 0 heterocycles. The van der Waals surface area contributed by atoms with Gasteiger partial charge in [0, 0.05) is 0 Å². The van der Waals surface area contributed by atoms with E-state index >= 15 is 0 Å². The van der Waals surface area contributed by atoms with Gasteiger partial charge >= 0.3 is 5.97 Å². The molecular weight excluding hydrogens is 416 g/mol. The number of carboxylic acids is 1. The van der Waals surface area contributed by atoms with Crippen molar-refractivity contribution < 1.29 is 9.90 Å². The fourth-order valence-electron chi connectivity index (χ4n) is 5.44. The number of carbonyl (C=O) groups is 1. The lowest BCUT2D eigenvalue weighted by Crippen LogP contribution is -2.33. The minimum Gasteiger partial charge on any atom is -0.478 e. The molecule has 34 heavy (non-hydrogen) atoms. The van der Waals surface area contributed by atoms with Crippen LogP contribution in [0.1, 0.15) is 73.1 Å². The van der Waals surface area contributed by atoms with E-state index < -0.39 is 5.97 Å². The smallest absolute Gasteiger partial charge is 0.335 e. The van der Waals surface area contributed by atoms with Crippen molar-refractivity contribution in [2.45, 2.75) is 57.8 Å². The van der Waals surface area contributed by atoms with Crippen molar-refractivity contribution in [3.8, 4) is 11.1 Å². The van der Waals surface area contributed by atoms with Gasteiger partial charge in [0.1, 0.15) is 0 Å². The Morgan fingerprint density at radius 1 is 0.765 bits per heavy atom. The maximum Gasteiger partial charge on any atom is 0.335 e. The number of aromatic carboxylic acids is 1. The molecule has 0 bridgehead atoms. The van der Waals surface area contributed by atoms with E-state index in [4.69, 9.17) is 0 Å². The van der Waals surface area contributed by atoms with Crippen molar-refractivity contribution in [1.82, 2.24) is 0 Å². The minimum atomic E-state index is -0.897. The van der Waals surface area contributed by atoms with Gasteiger partial charge in [0.25, 0.3) is 0 Å². The van der Waals surface area contributed by atoms with Gasteiger partial charge in [-0.3, -0.25) is 0 Å². The van der Waals surface area contributed by atoms with Crippen molar-refractivity contribution in [2.75, 3.05) is 0 Å².